The molecule has 2 rings (SSSR count). The van der Waals surface area contributed by atoms with E-state index in [0.717, 1.165) is 19.4 Å². The van der Waals surface area contributed by atoms with Crippen LogP contribution in [0.15, 0.2) is 35.2 Å². The lowest BCUT2D eigenvalue weighted by atomic mass is 9.99. The van der Waals surface area contributed by atoms with Gasteiger partial charge in [0, 0.05) is 36.4 Å². The quantitative estimate of drug-likeness (QED) is 0.822. The number of rotatable bonds is 5. The number of thioether (sulfide) groups is 1. The van der Waals surface area contributed by atoms with E-state index in [9.17, 15) is 9.90 Å². The molecular formula is C16H24N2O2S. The molecule has 1 aromatic carbocycles. The van der Waals surface area contributed by atoms with Gasteiger partial charge in [-0.2, -0.15) is 0 Å². The second-order valence-corrected chi connectivity index (χ2v) is 7.08. The first-order chi connectivity index (χ1) is 10.2. The lowest BCUT2D eigenvalue weighted by Gasteiger charge is -2.32. The molecule has 1 aliphatic rings. The molecule has 1 aliphatic heterocycles. The highest BCUT2D eigenvalue weighted by Gasteiger charge is 2.23. The van der Waals surface area contributed by atoms with Gasteiger partial charge in [0.1, 0.15) is 0 Å². The van der Waals surface area contributed by atoms with E-state index in [1.807, 2.05) is 23.1 Å². The third-order valence-electron chi connectivity index (χ3n) is 3.69. The highest BCUT2D eigenvalue weighted by Crippen LogP contribution is 2.22. The molecule has 2 amide bonds. The minimum Gasteiger partial charge on any atom is -0.396 e. The number of nitrogens with one attached hydrogen (secondary N) is 1. The van der Waals surface area contributed by atoms with E-state index in [4.69, 9.17) is 0 Å². The van der Waals surface area contributed by atoms with Crippen LogP contribution in [0.5, 0.6) is 0 Å². The number of urea groups is 1. The Morgan fingerprint density at radius 3 is 2.95 bits per heavy atom. The van der Waals surface area contributed by atoms with E-state index in [-0.39, 0.29) is 18.6 Å². The summed E-state index contributed by atoms with van der Waals surface area (Å²) in [6.07, 6.45) is 1.99. The van der Waals surface area contributed by atoms with Crippen LogP contribution in [-0.2, 0) is 0 Å². The van der Waals surface area contributed by atoms with Crippen molar-refractivity contribution in [1.29, 1.82) is 0 Å². The second-order valence-electron chi connectivity index (χ2n) is 5.56. The van der Waals surface area contributed by atoms with Crippen LogP contribution in [0.3, 0.4) is 0 Å². The molecule has 1 aromatic rings. The van der Waals surface area contributed by atoms with Crippen molar-refractivity contribution in [3.63, 3.8) is 0 Å². The van der Waals surface area contributed by atoms with Gasteiger partial charge in [-0.1, -0.05) is 25.1 Å². The van der Waals surface area contributed by atoms with Gasteiger partial charge >= 0.3 is 6.03 Å². The molecular weight excluding hydrogens is 284 g/mol. The summed E-state index contributed by atoms with van der Waals surface area (Å²) in [6.45, 7) is 4.40. The van der Waals surface area contributed by atoms with Gasteiger partial charge < -0.3 is 15.3 Å². The van der Waals surface area contributed by atoms with E-state index in [1.54, 1.807) is 11.8 Å². The molecule has 0 spiro atoms. The number of likely N-dealkylation sites (tertiary alicyclic amines) is 1. The van der Waals surface area contributed by atoms with Crippen molar-refractivity contribution >= 4 is 17.8 Å². The fourth-order valence-electron chi connectivity index (χ4n) is 2.51. The third kappa shape index (κ3) is 5.25. The maximum Gasteiger partial charge on any atom is 0.317 e. The summed E-state index contributed by atoms with van der Waals surface area (Å²) in [5, 5.41) is 12.5. The first-order valence-electron chi connectivity index (χ1n) is 7.54. The highest BCUT2D eigenvalue weighted by atomic mass is 32.2. The SMILES string of the molecule is CC(CNC(=O)N1CCCC(CO)C1)Sc1ccccc1. The van der Waals surface area contributed by atoms with Crippen molar-refractivity contribution in [3.8, 4) is 0 Å². The first-order valence-corrected chi connectivity index (χ1v) is 8.42. The number of carbonyl (C=O) groups is 1. The summed E-state index contributed by atoms with van der Waals surface area (Å²) < 4.78 is 0. The van der Waals surface area contributed by atoms with Crippen LogP contribution in [0.25, 0.3) is 0 Å². The fourth-order valence-corrected chi connectivity index (χ4v) is 3.46. The Balaban J connectivity index is 1.73. The van der Waals surface area contributed by atoms with Crippen LogP contribution in [0, 0.1) is 5.92 Å². The lowest BCUT2D eigenvalue weighted by Crippen LogP contribution is -2.47. The molecule has 0 saturated carbocycles. The Bertz CT molecular complexity index is 441. The second kappa shape index (κ2) is 8.29. The Morgan fingerprint density at radius 1 is 1.48 bits per heavy atom. The minimum absolute atomic E-state index is 0.00587. The molecule has 2 unspecified atom stereocenters. The van der Waals surface area contributed by atoms with Gasteiger partial charge in [-0.25, -0.2) is 4.79 Å². The van der Waals surface area contributed by atoms with E-state index in [1.165, 1.54) is 4.90 Å². The summed E-state index contributed by atoms with van der Waals surface area (Å²) in [6, 6.07) is 10.2. The maximum atomic E-state index is 12.1. The van der Waals surface area contributed by atoms with Crippen molar-refractivity contribution in [2.75, 3.05) is 26.2 Å². The molecule has 0 bridgehead atoms. The molecule has 2 N–H and O–H groups in total. The van der Waals surface area contributed by atoms with Crippen molar-refractivity contribution in [1.82, 2.24) is 10.2 Å². The molecule has 2 atom stereocenters. The average molecular weight is 308 g/mol. The van der Waals surface area contributed by atoms with E-state index < -0.39 is 0 Å². The Morgan fingerprint density at radius 2 is 2.24 bits per heavy atom. The summed E-state index contributed by atoms with van der Waals surface area (Å²) in [5.41, 5.74) is 0. The monoisotopic (exact) mass is 308 g/mol. The fraction of sp³-hybridized carbons (Fsp3) is 0.562. The number of aliphatic hydroxyl groups is 1. The molecule has 0 radical (unpaired) electrons. The highest BCUT2D eigenvalue weighted by molar-refractivity contribution is 8.00. The number of hydrogen-bond donors (Lipinski definition) is 2. The smallest absolute Gasteiger partial charge is 0.317 e. The zero-order valence-electron chi connectivity index (χ0n) is 12.5. The number of aliphatic hydroxyl groups excluding tert-OH is 1. The predicted molar refractivity (Wildman–Crippen MR) is 86.5 cm³/mol. The molecule has 5 heteroatoms. The predicted octanol–water partition coefficient (Wildman–Crippen LogP) is 2.58. The molecule has 21 heavy (non-hydrogen) atoms. The molecule has 116 valence electrons. The van der Waals surface area contributed by atoms with Gasteiger partial charge in [-0.05, 0) is 30.9 Å². The number of carbonyl (C=O) groups excluding carboxylic acids is 1. The number of nitrogens with zero attached hydrogens (tertiary/aromatic N) is 1. The molecule has 1 heterocycles. The van der Waals surface area contributed by atoms with Crippen LogP contribution in [-0.4, -0.2) is 47.5 Å². The largest absolute Gasteiger partial charge is 0.396 e. The summed E-state index contributed by atoms with van der Waals surface area (Å²) in [7, 11) is 0. The Hall–Kier alpha value is -1.20. The Labute approximate surface area is 130 Å². The first kappa shape index (κ1) is 16.2. The van der Waals surface area contributed by atoms with Gasteiger partial charge in [0.15, 0.2) is 0 Å². The van der Waals surface area contributed by atoms with Gasteiger partial charge in [0.25, 0.3) is 0 Å². The van der Waals surface area contributed by atoms with Crippen molar-refractivity contribution in [3.05, 3.63) is 30.3 Å². The number of piperidine rings is 1. The van der Waals surface area contributed by atoms with Crippen molar-refractivity contribution in [2.24, 2.45) is 5.92 Å². The van der Waals surface area contributed by atoms with Crippen LogP contribution < -0.4 is 5.32 Å². The Kier molecular flexibility index (Phi) is 6.39. The van der Waals surface area contributed by atoms with Crippen molar-refractivity contribution < 1.29 is 9.90 Å². The number of amides is 2. The van der Waals surface area contributed by atoms with E-state index in [2.05, 4.69) is 24.4 Å². The van der Waals surface area contributed by atoms with Gasteiger partial charge in [0.2, 0.25) is 0 Å². The molecule has 1 saturated heterocycles. The van der Waals surface area contributed by atoms with Crippen LogP contribution in [0.4, 0.5) is 4.79 Å². The number of hydrogen-bond acceptors (Lipinski definition) is 3. The normalized spacial score (nSPS) is 20.1. The zero-order chi connectivity index (χ0) is 15.1. The average Bonchev–Trinajstić information content (AvgIpc) is 2.53. The maximum absolute atomic E-state index is 12.1. The third-order valence-corrected chi connectivity index (χ3v) is 4.80. The van der Waals surface area contributed by atoms with Crippen LogP contribution >= 0.6 is 11.8 Å². The topological polar surface area (TPSA) is 52.6 Å². The molecule has 0 aromatic heterocycles. The summed E-state index contributed by atoms with van der Waals surface area (Å²) in [4.78, 5) is 15.2. The van der Waals surface area contributed by atoms with Crippen molar-refractivity contribution in [2.45, 2.75) is 29.9 Å². The van der Waals surface area contributed by atoms with Crippen LogP contribution in [0.1, 0.15) is 19.8 Å². The van der Waals surface area contributed by atoms with E-state index in [0.29, 0.717) is 18.3 Å². The zero-order valence-corrected chi connectivity index (χ0v) is 13.3. The summed E-state index contributed by atoms with van der Waals surface area (Å²) in [5.74, 6) is 0.237. The van der Waals surface area contributed by atoms with Gasteiger partial charge in [0.05, 0.1) is 0 Å². The standard InChI is InChI=1S/C16H24N2O2S/c1-13(21-15-7-3-2-4-8-15)10-17-16(20)18-9-5-6-14(11-18)12-19/h2-4,7-8,13-14,19H,5-6,9-12H2,1H3,(H,17,20). The van der Waals surface area contributed by atoms with E-state index >= 15 is 0 Å². The molecule has 0 aliphatic carbocycles. The number of benzene rings is 1. The van der Waals surface area contributed by atoms with Gasteiger partial charge in [-0.3, -0.25) is 0 Å². The molecule has 4 nitrogen and oxygen atoms in total. The summed E-state index contributed by atoms with van der Waals surface area (Å²) >= 11 is 1.76. The van der Waals surface area contributed by atoms with Gasteiger partial charge in [-0.15, -0.1) is 11.8 Å². The lowest BCUT2D eigenvalue weighted by molar-refractivity contribution is 0.129. The minimum atomic E-state index is -0.00587. The van der Waals surface area contributed by atoms with Crippen LogP contribution in [0.2, 0.25) is 0 Å². The molecule has 1 fully saturated rings.